The van der Waals surface area contributed by atoms with Crippen LogP contribution in [0.2, 0.25) is 0 Å². The molecule has 2 rings (SSSR count). The Hall–Kier alpha value is -2.07. The maximum atomic E-state index is 12.6. The van der Waals surface area contributed by atoms with Crippen LogP contribution < -0.4 is 0 Å². The van der Waals surface area contributed by atoms with E-state index < -0.39 is 29.0 Å². The minimum Gasteiger partial charge on any atom is -0.468 e. The first-order chi connectivity index (χ1) is 11.7. The number of nitrogens with zero attached hydrogens (tertiary/aromatic N) is 2. The highest BCUT2D eigenvalue weighted by Gasteiger charge is 2.53. The molecule has 7 heteroatoms. The zero-order chi connectivity index (χ0) is 18.8. The number of carbonyl (C=O) groups is 2. The summed E-state index contributed by atoms with van der Waals surface area (Å²) < 4.78 is 15.9. The number of allylic oxidation sites excluding steroid dienone is 1. The molecule has 4 atom stereocenters. The zero-order valence-corrected chi connectivity index (χ0v) is 15.3. The van der Waals surface area contributed by atoms with Crippen LogP contribution in [0.1, 0.15) is 33.6 Å². The van der Waals surface area contributed by atoms with Crippen LogP contribution in [0.3, 0.4) is 0 Å². The molecule has 138 valence electrons. The quantitative estimate of drug-likeness (QED) is 0.573. The van der Waals surface area contributed by atoms with Gasteiger partial charge in [0.1, 0.15) is 5.60 Å². The van der Waals surface area contributed by atoms with Crippen LogP contribution in [0.25, 0.3) is 0 Å². The lowest BCUT2D eigenvalue weighted by Gasteiger charge is -2.53. The number of hydrogen-bond acceptors (Lipinski definition) is 6. The predicted molar refractivity (Wildman–Crippen MR) is 89.5 cm³/mol. The molecule has 2 aliphatic rings. The summed E-state index contributed by atoms with van der Waals surface area (Å²) in [5, 5.41) is 9.53. The lowest BCUT2D eigenvalue weighted by Crippen LogP contribution is -2.63. The summed E-state index contributed by atoms with van der Waals surface area (Å²) in [4.78, 5) is 26.4. The number of amides is 1. The van der Waals surface area contributed by atoms with Gasteiger partial charge in [0.05, 0.1) is 38.5 Å². The van der Waals surface area contributed by atoms with Gasteiger partial charge in [0.15, 0.2) is 5.92 Å². The van der Waals surface area contributed by atoms with E-state index in [1.165, 1.54) is 7.11 Å². The first kappa shape index (κ1) is 19.3. The summed E-state index contributed by atoms with van der Waals surface area (Å²) in [6.45, 7) is 9.99. The molecule has 0 unspecified atom stereocenters. The van der Waals surface area contributed by atoms with Crippen molar-refractivity contribution in [1.29, 1.82) is 5.26 Å². The predicted octanol–water partition coefficient (Wildman–Crippen LogP) is 2.27. The van der Waals surface area contributed by atoms with Gasteiger partial charge >= 0.3 is 12.1 Å². The lowest BCUT2D eigenvalue weighted by molar-refractivity contribution is -0.152. The lowest BCUT2D eigenvalue weighted by atomic mass is 9.64. The molecular formula is C18H26N2O5. The molecule has 7 nitrogen and oxygen atoms in total. The largest absolute Gasteiger partial charge is 0.468 e. The number of ether oxygens (including phenoxy) is 3. The van der Waals surface area contributed by atoms with Crippen molar-refractivity contribution in [1.82, 2.24) is 4.90 Å². The highest BCUT2D eigenvalue weighted by Crippen LogP contribution is 2.47. The number of carbonyl (C=O) groups excluding carboxylic acids is 2. The van der Waals surface area contributed by atoms with Gasteiger partial charge < -0.3 is 14.2 Å². The molecule has 0 radical (unpaired) electrons. The number of rotatable bonds is 3. The van der Waals surface area contributed by atoms with E-state index in [0.717, 1.165) is 0 Å². The minimum absolute atomic E-state index is 0.277. The van der Waals surface area contributed by atoms with Gasteiger partial charge in [0.2, 0.25) is 0 Å². The van der Waals surface area contributed by atoms with E-state index in [1.807, 2.05) is 20.8 Å². The van der Waals surface area contributed by atoms with Crippen molar-refractivity contribution in [3.63, 3.8) is 0 Å². The SMILES string of the molecule is C=C[C@@]1([C@@H](C#N)C(=O)OC)C[C@H]2COC[C@@H](C1)N2C(=O)OC(C)(C)C. The number of hydrogen-bond donors (Lipinski definition) is 0. The van der Waals surface area contributed by atoms with Gasteiger partial charge in [-0.1, -0.05) is 6.08 Å². The molecule has 25 heavy (non-hydrogen) atoms. The van der Waals surface area contributed by atoms with Crippen LogP contribution >= 0.6 is 0 Å². The van der Waals surface area contributed by atoms with Gasteiger partial charge in [-0.3, -0.25) is 9.69 Å². The molecule has 0 aromatic heterocycles. The molecule has 0 aromatic carbocycles. The second-order valence-corrected chi connectivity index (χ2v) is 7.66. The summed E-state index contributed by atoms with van der Waals surface area (Å²) in [5.41, 5.74) is -1.35. The molecule has 0 aliphatic carbocycles. The molecule has 0 saturated carbocycles. The Kier molecular flexibility index (Phi) is 5.43. The smallest absolute Gasteiger partial charge is 0.410 e. The fourth-order valence-electron chi connectivity index (χ4n) is 3.74. The summed E-state index contributed by atoms with van der Waals surface area (Å²) >= 11 is 0. The third-order valence-electron chi connectivity index (χ3n) is 4.79. The van der Waals surface area contributed by atoms with Gasteiger partial charge in [-0.15, -0.1) is 6.58 Å². The molecule has 1 amide bonds. The maximum Gasteiger partial charge on any atom is 0.410 e. The van der Waals surface area contributed by atoms with Crippen LogP contribution in [0, 0.1) is 22.7 Å². The van der Waals surface area contributed by atoms with Crippen molar-refractivity contribution < 1.29 is 23.8 Å². The average molecular weight is 350 g/mol. The molecule has 2 aliphatic heterocycles. The van der Waals surface area contributed by atoms with Crippen LogP contribution in [0.15, 0.2) is 12.7 Å². The third-order valence-corrected chi connectivity index (χ3v) is 4.79. The van der Waals surface area contributed by atoms with Gasteiger partial charge in [-0.25, -0.2) is 4.79 Å². The summed E-state index contributed by atoms with van der Waals surface area (Å²) in [7, 11) is 1.27. The number of esters is 1. The maximum absolute atomic E-state index is 12.6. The van der Waals surface area contributed by atoms with Crippen molar-refractivity contribution in [3.8, 4) is 6.07 Å². The Morgan fingerprint density at radius 1 is 1.36 bits per heavy atom. The van der Waals surface area contributed by atoms with E-state index >= 15 is 0 Å². The van der Waals surface area contributed by atoms with Gasteiger partial charge in [-0.2, -0.15) is 5.26 Å². The molecule has 2 bridgehead atoms. The summed E-state index contributed by atoms with van der Waals surface area (Å²) in [5.74, 6) is -1.54. The fourth-order valence-corrected chi connectivity index (χ4v) is 3.74. The van der Waals surface area contributed by atoms with Crippen molar-refractivity contribution in [3.05, 3.63) is 12.7 Å². The topological polar surface area (TPSA) is 88.9 Å². The monoisotopic (exact) mass is 350 g/mol. The first-order valence-electron chi connectivity index (χ1n) is 8.37. The Labute approximate surface area is 148 Å². The summed E-state index contributed by atoms with van der Waals surface area (Å²) in [6.07, 6.45) is 2.07. The normalized spacial score (nSPS) is 30.0. The minimum atomic E-state index is -0.959. The van der Waals surface area contributed by atoms with Crippen LogP contribution in [-0.4, -0.2) is 55.0 Å². The van der Waals surface area contributed by atoms with Crippen LogP contribution in [0.5, 0.6) is 0 Å². The highest BCUT2D eigenvalue weighted by atomic mass is 16.6. The van der Waals surface area contributed by atoms with Crippen molar-refractivity contribution in [2.45, 2.75) is 51.3 Å². The van der Waals surface area contributed by atoms with Gasteiger partial charge in [0.25, 0.3) is 0 Å². The Morgan fingerprint density at radius 3 is 2.32 bits per heavy atom. The number of morpholine rings is 1. The number of nitriles is 1. The van der Waals surface area contributed by atoms with Crippen LogP contribution in [-0.2, 0) is 19.0 Å². The Bertz CT molecular complexity index is 575. The van der Waals surface area contributed by atoms with Crippen molar-refractivity contribution >= 4 is 12.1 Å². The van der Waals surface area contributed by atoms with E-state index in [1.54, 1.807) is 11.0 Å². The van der Waals surface area contributed by atoms with E-state index in [9.17, 15) is 14.9 Å². The second-order valence-electron chi connectivity index (χ2n) is 7.66. The summed E-state index contributed by atoms with van der Waals surface area (Å²) in [6, 6.07) is 1.51. The number of fused-ring (bicyclic) bond motifs is 2. The van der Waals surface area contributed by atoms with Gasteiger partial charge in [-0.05, 0) is 33.6 Å². The van der Waals surface area contributed by atoms with Crippen molar-refractivity contribution in [2.24, 2.45) is 11.3 Å². The Balaban J connectivity index is 2.30. The van der Waals surface area contributed by atoms with Crippen molar-refractivity contribution in [2.75, 3.05) is 20.3 Å². The first-order valence-corrected chi connectivity index (χ1v) is 8.37. The van der Waals surface area contributed by atoms with E-state index in [2.05, 4.69) is 12.6 Å². The van der Waals surface area contributed by atoms with E-state index in [0.29, 0.717) is 26.1 Å². The molecule has 0 aromatic rings. The third kappa shape index (κ3) is 3.79. The fraction of sp³-hybridized carbons (Fsp3) is 0.722. The molecule has 0 spiro atoms. The van der Waals surface area contributed by atoms with Crippen LogP contribution in [0.4, 0.5) is 4.79 Å². The average Bonchev–Trinajstić information content (AvgIpc) is 2.52. The molecule has 0 N–H and O–H groups in total. The molecule has 2 heterocycles. The number of methoxy groups -OCH3 is 1. The standard InChI is InChI=1S/C18H26N2O5/c1-6-18(14(9-19)15(21)23-5)7-12-10-24-11-13(8-18)20(12)16(22)25-17(2,3)4/h6,12-14H,1,7-8,10-11H2,2-5H3/t12-,13+,14-,18+/m0/s1. The van der Waals surface area contributed by atoms with Gasteiger partial charge in [0, 0.05) is 5.41 Å². The number of piperidine rings is 1. The second kappa shape index (κ2) is 7.04. The Morgan fingerprint density at radius 2 is 1.92 bits per heavy atom. The molecular weight excluding hydrogens is 324 g/mol. The van der Waals surface area contributed by atoms with E-state index in [4.69, 9.17) is 14.2 Å². The molecule has 2 saturated heterocycles. The highest BCUT2D eigenvalue weighted by molar-refractivity contribution is 5.77. The molecule has 2 fully saturated rings. The van der Waals surface area contributed by atoms with E-state index in [-0.39, 0.29) is 12.1 Å². The zero-order valence-electron chi connectivity index (χ0n) is 15.3.